The topological polar surface area (TPSA) is 137 Å². The van der Waals surface area contributed by atoms with Gasteiger partial charge in [0.2, 0.25) is 0 Å². The normalized spacial score (nSPS) is 11.0. The molecule has 0 bridgehead atoms. The first kappa shape index (κ1) is 18.9. The lowest BCUT2D eigenvalue weighted by Gasteiger charge is -2.19. The lowest BCUT2D eigenvalue weighted by atomic mass is 10.1. The van der Waals surface area contributed by atoms with Crippen LogP contribution in [0.3, 0.4) is 0 Å². The van der Waals surface area contributed by atoms with Crippen molar-refractivity contribution in [1.29, 1.82) is 0 Å². The van der Waals surface area contributed by atoms with E-state index in [9.17, 15) is 24.8 Å². The third kappa shape index (κ3) is 3.79. The smallest absolute Gasteiger partial charge is 0.331 e. The fourth-order valence-electron chi connectivity index (χ4n) is 2.07. The Morgan fingerprint density at radius 1 is 1.42 bits per heavy atom. The first-order chi connectivity index (χ1) is 12.2. The van der Waals surface area contributed by atoms with Gasteiger partial charge in [0.05, 0.1) is 23.4 Å². The molecule has 2 aromatic rings. The second-order valence-corrected chi connectivity index (χ2v) is 5.86. The van der Waals surface area contributed by atoms with Crippen LogP contribution in [0.15, 0.2) is 30.6 Å². The van der Waals surface area contributed by atoms with E-state index >= 15 is 0 Å². The third-order valence-electron chi connectivity index (χ3n) is 3.65. The van der Waals surface area contributed by atoms with Crippen LogP contribution in [0.4, 0.5) is 11.4 Å². The van der Waals surface area contributed by atoms with Gasteiger partial charge in [-0.05, 0) is 32.9 Å². The molecule has 0 spiro atoms. The molecule has 1 amide bonds. The Kier molecular flexibility index (Phi) is 5.24. The van der Waals surface area contributed by atoms with Crippen LogP contribution in [0.5, 0.6) is 5.75 Å². The van der Waals surface area contributed by atoms with E-state index in [1.807, 2.05) is 0 Å². The first-order valence-corrected chi connectivity index (χ1v) is 7.68. The predicted molar refractivity (Wildman–Crippen MR) is 91.4 cm³/mol. The molecule has 0 atom stereocenters. The minimum atomic E-state index is -1.29. The molecule has 0 aliphatic heterocycles. The van der Waals surface area contributed by atoms with E-state index in [2.05, 4.69) is 10.4 Å². The van der Waals surface area contributed by atoms with Crippen LogP contribution < -0.4 is 10.1 Å². The average Bonchev–Trinajstić information content (AvgIpc) is 3.04. The number of hydrogen-bond donors (Lipinski definition) is 2. The molecule has 1 aromatic carbocycles. The molecule has 1 aromatic heterocycles. The Morgan fingerprint density at radius 2 is 2.12 bits per heavy atom. The Bertz CT molecular complexity index is 858. The molecule has 10 heteroatoms. The summed E-state index contributed by atoms with van der Waals surface area (Å²) in [5.41, 5.74) is -1.28. The van der Waals surface area contributed by atoms with Crippen molar-refractivity contribution in [3.63, 3.8) is 0 Å². The summed E-state index contributed by atoms with van der Waals surface area (Å²) in [6, 6.07) is 3.87. The molecule has 26 heavy (non-hydrogen) atoms. The molecule has 138 valence electrons. The van der Waals surface area contributed by atoms with E-state index in [0.29, 0.717) is 0 Å². The van der Waals surface area contributed by atoms with Crippen molar-refractivity contribution < 1.29 is 24.4 Å². The van der Waals surface area contributed by atoms with Crippen LogP contribution >= 0.6 is 0 Å². The second-order valence-electron chi connectivity index (χ2n) is 5.86. The summed E-state index contributed by atoms with van der Waals surface area (Å²) in [6.45, 7) is 4.87. The highest BCUT2D eigenvalue weighted by Crippen LogP contribution is 2.28. The largest absolute Gasteiger partial charge is 0.487 e. The molecule has 1 heterocycles. The molecule has 0 saturated carbocycles. The molecule has 0 fully saturated rings. The second kappa shape index (κ2) is 7.21. The maximum Gasteiger partial charge on any atom is 0.331 e. The molecular formula is C16H18N4O6. The lowest BCUT2D eigenvalue weighted by Crippen LogP contribution is -2.35. The number of carboxylic acid groups (broad SMARTS) is 1. The van der Waals surface area contributed by atoms with Gasteiger partial charge >= 0.3 is 11.7 Å². The van der Waals surface area contributed by atoms with Crippen molar-refractivity contribution >= 4 is 23.3 Å². The number of nitrogens with zero attached hydrogens (tertiary/aromatic N) is 3. The number of rotatable bonds is 7. The Balaban J connectivity index is 2.23. The SMILES string of the molecule is CCOc1ccc(C(=O)Nc2cnn(C(C)(C)C(=O)O)c2)cc1[N+](=O)[O-]. The Morgan fingerprint density at radius 3 is 2.69 bits per heavy atom. The van der Waals surface area contributed by atoms with Crippen LogP contribution in [0.1, 0.15) is 31.1 Å². The number of hydrogen-bond acceptors (Lipinski definition) is 6. The molecule has 0 saturated heterocycles. The van der Waals surface area contributed by atoms with Gasteiger partial charge in [-0.3, -0.25) is 19.6 Å². The van der Waals surface area contributed by atoms with Gasteiger partial charge in [0.25, 0.3) is 5.91 Å². The number of benzene rings is 1. The molecule has 0 radical (unpaired) electrons. The number of ether oxygens (including phenoxy) is 1. The van der Waals surface area contributed by atoms with E-state index in [-0.39, 0.29) is 29.3 Å². The number of carboxylic acids is 1. The fourth-order valence-corrected chi connectivity index (χ4v) is 2.07. The highest BCUT2D eigenvalue weighted by atomic mass is 16.6. The van der Waals surface area contributed by atoms with Gasteiger partial charge in [0.15, 0.2) is 11.3 Å². The fraction of sp³-hybridized carbons (Fsp3) is 0.312. The minimum absolute atomic E-state index is 0.0606. The van der Waals surface area contributed by atoms with Crippen molar-refractivity contribution in [2.24, 2.45) is 0 Å². The van der Waals surface area contributed by atoms with E-state index in [0.717, 1.165) is 6.07 Å². The molecular weight excluding hydrogens is 344 g/mol. The molecule has 10 nitrogen and oxygen atoms in total. The summed E-state index contributed by atoms with van der Waals surface area (Å²) in [4.78, 5) is 34.1. The molecule has 0 aliphatic rings. The highest BCUT2D eigenvalue weighted by molar-refractivity contribution is 6.04. The predicted octanol–water partition coefficient (Wildman–Crippen LogP) is 2.26. The van der Waals surface area contributed by atoms with Gasteiger partial charge in [0.1, 0.15) is 0 Å². The van der Waals surface area contributed by atoms with E-state index < -0.39 is 22.3 Å². The van der Waals surface area contributed by atoms with Gasteiger partial charge in [-0.15, -0.1) is 0 Å². The summed E-state index contributed by atoms with van der Waals surface area (Å²) in [6.07, 6.45) is 2.67. The zero-order valence-corrected chi connectivity index (χ0v) is 14.4. The molecule has 2 N–H and O–H groups in total. The quantitative estimate of drug-likeness (QED) is 0.569. The Hall–Kier alpha value is -3.43. The Labute approximate surface area is 148 Å². The minimum Gasteiger partial charge on any atom is -0.487 e. The summed E-state index contributed by atoms with van der Waals surface area (Å²) in [7, 11) is 0. The van der Waals surface area contributed by atoms with Crippen LogP contribution in [-0.2, 0) is 10.3 Å². The standard InChI is InChI=1S/C16H18N4O6/c1-4-26-13-6-5-10(7-12(13)20(24)25)14(21)18-11-8-17-19(9-11)16(2,3)15(22)23/h5-9H,4H2,1-3H3,(H,18,21)(H,22,23). The maximum atomic E-state index is 12.3. The van der Waals surface area contributed by atoms with Crippen molar-refractivity contribution in [2.75, 3.05) is 11.9 Å². The number of nitrogens with one attached hydrogen (secondary N) is 1. The lowest BCUT2D eigenvalue weighted by molar-refractivity contribution is -0.385. The number of carbonyl (C=O) groups is 2. The number of aromatic nitrogens is 2. The summed E-state index contributed by atoms with van der Waals surface area (Å²) in [5, 5.41) is 26.8. The zero-order valence-electron chi connectivity index (χ0n) is 14.4. The monoisotopic (exact) mass is 362 g/mol. The van der Waals surface area contributed by atoms with Crippen molar-refractivity contribution in [3.8, 4) is 5.75 Å². The number of carbonyl (C=O) groups excluding carboxylic acids is 1. The van der Waals surface area contributed by atoms with Crippen LogP contribution in [0, 0.1) is 10.1 Å². The van der Waals surface area contributed by atoms with Crippen LogP contribution in [-0.4, -0.2) is 38.3 Å². The van der Waals surface area contributed by atoms with Gasteiger partial charge in [-0.1, -0.05) is 0 Å². The van der Waals surface area contributed by atoms with Gasteiger partial charge in [0, 0.05) is 17.8 Å². The van der Waals surface area contributed by atoms with E-state index in [1.165, 1.54) is 43.1 Å². The van der Waals surface area contributed by atoms with E-state index in [4.69, 9.17) is 4.74 Å². The highest BCUT2D eigenvalue weighted by Gasteiger charge is 2.30. The van der Waals surface area contributed by atoms with Crippen molar-refractivity contribution in [3.05, 3.63) is 46.3 Å². The number of nitro benzene ring substituents is 1. The third-order valence-corrected chi connectivity index (χ3v) is 3.65. The summed E-state index contributed by atoms with van der Waals surface area (Å²) >= 11 is 0. The summed E-state index contributed by atoms with van der Waals surface area (Å²) in [5.74, 6) is -1.60. The van der Waals surface area contributed by atoms with Gasteiger partial charge < -0.3 is 15.2 Å². The summed E-state index contributed by atoms with van der Waals surface area (Å²) < 4.78 is 6.37. The van der Waals surface area contributed by atoms with Gasteiger partial charge in [-0.25, -0.2) is 4.79 Å². The number of amides is 1. The van der Waals surface area contributed by atoms with E-state index in [1.54, 1.807) is 6.92 Å². The molecule has 2 rings (SSSR count). The molecule has 0 aliphatic carbocycles. The van der Waals surface area contributed by atoms with Crippen LogP contribution in [0.2, 0.25) is 0 Å². The van der Waals surface area contributed by atoms with Crippen LogP contribution in [0.25, 0.3) is 0 Å². The molecule has 0 unspecified atom stereocenters. The average molecular weight is 362 g/mol. The maximum absolute atomic E-state index is 12.3. The zero-order chi connectivity index (χ0) is 19.5. The number of nitro groups is 1. The van der Waals surface area contributed by atoms with Crippen molar-refractivity contribution in [2.45, 2.75) is 26.3 Å². The van der Waals surface area contributed by atoms with Crippen molar-refractivity contribution in [1.82, 2.24) is 9.78 Å². The number of aliphatic carboxylic acids is 1. The van der Waals surface area contributed by atoms with Gasteiger partial charge in [-0.2, -0.15) is 5.10 Å². The first-order valence-electron chi connectivity index (χ1n) is 7.68. The number of anilines is 1.